The molecule has 1 aromatic heterocycles. The molecule has 1 saturated carbocycles. The average molecular weight is 262 g/mol. The molecular formula is C16H26N2O. The molecule has 106 valence electrons. The highest BCUT2D eigenvalue weighted by molar-refractivity contribution is 5.50. The molecule has 1 fully saturated rings. The summed E-state index contributed by atoms with van der Waals surface area (Å²) in [6.45, 7) is 8.77. The van der Waals surface area contributed by atoms with Gasteiger partial charge in [-0.2, -0.15) is 0 Å². The number of nitrogens with one attached hydrogen (secondary N) is 1. The molecule has 19 heavy (non-hydrogen) atoms. The summed E-state index contributed by atoms with van der Waals surface area (Å²) < 4.78 is 5.82. The van der Waals surface area contributed by atoms with Crippen molar-refractivity contribution in [2.45, 2.75) is 59.1 Å². The molecule has 0 amide bonds. The van der Waals surface area contributed by atoms with E-state index < -0.39 is 0 Å². The fourth-order valence-corrected chi connectivity index (χ4v) is 3.11. The fraction of sp³-hybridized carbons (Fsp3) is 0.688. The van der Waals surface area contributed by atoms with Crippen molar-refractivity contribution in [3.63, 3.8) is 0 Å². The van der Waals surface area contributed by atoms with Gasteiger partial charge in [-0.1, -0.05) is 13.8 Å². The standard InChI is InChI=1S/C16H26N2O/c1-11(2)19-15-6-5-7-17-16(15)18-14-9-12(3)8-13(4)10-14/h5-7,11-14H,8-10H2,1-4H3,(H,17,18). The third-order valence-electron chi connectivity index (χ3n) is 3.65. The molecule has 1 N–H and O–H groups in total. The van der Waals surface area contributed by atoms with Crippen LogP contribution >= 0.6 is 0 Å². The first-order chi connectivity index (χ1) is 9.04. The van der Waals surface area contributed by atoms with Gasteiger partial charge < -0.3 is 10.1 Å². The summed E-state index contributed by atoms with van der Waals surface area (Å²) in [6.07, 6.45) is 5.79. The van der Waals surface area contributed by atoms with Gasteiger partial charge in [0.15, 0.2) is 11.6 Å². The van der Waals surface area contributed by atoms with Crippen LogP contribution in [-0.2, 0) is 0 Å². The van der Waals surface area contributed by atoms with E-state index >= 15 is 0 Å². The Morgan fingerprint density at radius 1 is 1.21 bits per heavy atom. The molecule has 0 aliphatic heterocycles. The maximum atomic E-state index is 5.82. The molecule has 0 bridgehead atoms. The molecule has 3 heteroatoms. The Hall–Kier alpha value is -1.25. The zero-order valence-electron chi connectivity index (χ0n) is 12.5. The summed E-state index contributed by atoms with van der Waals surface area (Å²) >= 11 is 0. The van der Waals surface area contributed by atoms with Gasteiger partial charge in [-0.3, -0.25) is 0 Å². The third-order valence-corrected chi connectivity index (χ3v) is 3.65. The van der Waals surface area contributed by atoms with Gasteiger partial charge >= 0.3 is 0 Å². The molecule has 0 aromatic carbocycles. The van der Waals surface area contributed by atoms with Crippen LogP contribution in [0.3, 0.4) is 0 Å². The van der Waals surface area contributed by atoms with E-state index in [0.717, 1.165) is 23.4 Å². The van der Waals surface area contributed by atoms with Gasteiger partial charge in [0.25, 0.3) is 0 Å². The van der Waals surface area contributed by atoms with Gasteiger partial charge in [-0.25, -0.2) is 4.98 Å². The Morgan fingerprint density at radius 2 is 1.89 bits per heavy atom. The molecule has 3 nitrogen and oxygen atoms in total. The molecule has 2 atom stereocenters. The third kappa shape index (κ3) is 4.12. The first kappa shape index (κ1) is 14.2. The lowest BCUT2D eigenvalue weighted by Gasteiger charge is -2.32. The molecule has 0 spiro atoms. The SMILES string of the molecule is CC1CC(C)CC(Nc2ncccc2OC(C)C)C1. The average Bonchev–Trinajstić information content (AvgIpc) is 2.29. The van der Waals surface area contributed by atoms with Crippen LogP contribution in [0.15, 0.2) is 18.3 Å². The summed E-state index contributed by atoms with van der Waals surface area (Å²) in [7, 11) is 0. The normalized spacial score (nSPS) is 27.3. The maximum Gasteiger partial charge on any atom is 0.168 e. The van der Waals surface area contributed by atoms with Gasteiger partial charge in [-0.05, 0) is 57.1 Å². The summed E-state index contributed by atoms with van der Waals surface area (Å²) in [4.78, 5) is 4.44. The predicted octanol–water partition coefficient (Wildman–Crippen LogP) is 4.11. The first-order valence-electron chi connectivity index (χ1n) is 7.42. The highest BCUT2D eigenvalue weighted by atomic mass is 16.5. The van der Waals surface area contributed by atoms with Gasteiger partial charge in [-0.15, -0.1) is 0 Å². The van der Waals surface area contributed by atoms with E-state index in [0.29, 0.717) is 6.04 Å². The van der Waals surface area contributed by atoms with E-state index in [2.05, 4.69) is 24.1 Å². The second-order valence-electron chi connectivity index (χ2n) is 6.28. The predicted molar refractivity (Wildman–Crippen MR) is 79.6 cm³/mol. The largest absolute Gasteiger partial charge is 0.487 e. The summed E-state index contributed by atoms with van der Waals surface area (Å²) in [5.74, 6) is 3.34. The number of anilines is 1. The highest BCUT2D eigenvalue weighted by Crippen LogP contribution is 2.32. The lowest BCUT2D eigenvalue weighted by Crippen LogP contribution is -2.30. The number of ether oxygens (including phenoxy) is 1. The van der Waals surface area contributed by atoms with E-state index in [9.17, 15) is 0 Å². The summed E-state index contributed by atoms with van der Waals surface area (Å²) in [5.41, 5.74) is 0. The second kappa shape index (κ2) is 6.27. The number of aromatic nitrogens is 1. The molecule has 2 unspecified atom stereocenters. The van der Waals surface area contributed by atoms with Crippen molar-refractivity contribution in [2.75, 3.05) is 5.32 Å². The highest BCUT2D eigenvalue weighted by Gasteiger charge is 2.24. The number of rotatable bonds is 4. The Bertz CT molecular complexity index is 395. The number of hydrogen-bond donors (Lipinski definition) is 1. The van der Waals surface area contributed by atoms with E-state index in [1.165, 1.54) is 19.3 Å². The van der Waals surface area contributed by atoms with Crippen LogP contribution in [0, 0.1) is 11.8 Å². The van der Waals surface area contributed by atoms with E-state index in [4.69, 9.17) is 4.74 Å². The molecule has 2 rings (SSSR count). The van der Waals surface area contributed by atoms with Crippen LogP contribution in [0.4, 0.5) is 5.82 Å². The minimum Gasteiger partial charge on any atom is -0.487 e. The number of hydrogen-bond acceptors (Lipinski definition) is 3. The zero-order valence-corrected chi connectivity index (χ0v) is 12.5. The smallest absolute Gasteiger partial charge is 0.168 e. The van der Waals surface area contributed by atoms with E-state index in [1.54, 1.807) is 0 Å². The quantitative estimate of drug-likeness (QED) is 0.886. The lowest BCUT2D eigenvalue weighted by atomic mass is 9.80. The van der Waals surface area contributed by atoms with Crippen LogP contribution in [0.25, 0.3) is 0 Å². The number of pyridine rings is 1. The van der Waals surface area contributed by atoms with Crippen LogP contribution in [0.5, 0.6) is 5.75 Å². The van der Waals surface area contributed by atoms with Crippen LogP contribution in [0.2, 0.25) is 0 Å². The molecule has 1 heterocycles. The fourth-order valence-electron chi connectivity index (χ4n) is 3.11. The van der Waals surface area contributed by atoms with Gasteiger partial charge in [0.2, 0.25) is 0 Å². The van der Waals surface area contributed by atoms with E-state index in [1.807, 2.05) is 32.2 Å². The molecule has 0 radical (unpaired) electrons. The second-order valence-corrected chi connectivity index (χ2v) is 6.28. The van der Waals surface area contributed by atoms with Crippen molar-refractivity contribution >= 4 is 5.82 Å². The maximum absolute atomic E-state index is 5.82. The molecule has 0 saturated heterocycles. The van der Waals surface area contributed by atoms with Crippen LogP contribution in [0.1, 0.15) is 47.0 Å². The van der Waals surface area contributed by atoms with Crippen molar-refractivity contribution in [3.8, 4) is 5.75 Å². The Kier molecular flexibility index (Phi) is 4.67. The Labute approximate surface area is 116 Å². The molecule has 1 aromatic rings. The van der Waals surface area contributed by atoms with Gasteiger partial charge in [0.1, 0.15) is 0 Å². The topological polar surface area (TPSA) is 34.2 Å². The lowest BCUT2D eigenvalue weighted by molar-refractivity contribution is 0.241. The molecular weight excluding hydrogens is 236 g/mol. The zero-order chi connectivity index (χ0) is 13.8. The van der Waals surface area contributed by atoms with Crippen molar-refractivity contribution in [3.05, 3.63) is 18.3 Å². The summed E-state index contributed by atoms with van der Waals surface area (Å²) in [6, 6.07) is 4.43. The van der Waals surface area contributed by atoms with E-state index in [-0.39, 0.29) is 6.10 Å². The van der Waals surface area contributed by atoms with Gasteiger partial charge in [0, 0.05) is 12.2 Å². The van der Waals surface area contributed by atoms with Crippen molar-refractivity contribution < 1.29 is 4.74 Å². The monoisotopic (exact) mass is 262 g/mol. The first-order valence-corrected chi connectivity index (χ1v) is 7.42. The van der Waals surface area contributed by atoms with Crippen molar-refractivity contribution in [1.29, 1.82) is 0 Å². The summed E-state index contributed by atoms with van der Waals surface area (Å²) in [5, 5.41) is 3.58. The van der Waals surface area contributed by atoms with Crippen LogP contribution in [-0.4, -0.2) is 17.1 Å². The Balaban J connectivity index is 2.05. The van der Waals surface area contributed by atoms with Crippen molar-refractivity contribution in [2.24, 2.45) is 11.8 Å². The Morgan fingerprint density at radius 3 is 2.53 bits per heavy atom. The molecule has 1 aliphatic carbocycles. The minimum atomic E-state index is 0.175. The van der Waals surface area contributed by atoms with Gasteiger partial charge in [0.05, 0.1) is 6.10 Å². The number of nitrogens with zero attached hydrogens (tertiary/aromatic N) is 1. The molecule has 1 aliphatic rings. The van der Waals surface area contributed by atoms with Crippen molar-refractivity contribution in [1.82, 2.24) is 4.98 Å². The minimum absolute atomic E-state index is 0.175. The van der Waals surface area contributed by atoms with Crippen LogP contribution < -0.4 is 10.1 Å².